The van der Waals surface area contributed by atoms with Gasteiger partial charge in [-0.1, -0.05) is 63.8 Å². The lowest BCUT2D eigenvalue weighted by Gasteiger charge is -2.19. The molecule has 6 aromatic rings. The van der Waals surface area contributed by atoms with Crippen LogP contribution in [0.15, 0.2) is 36.4 Å². The molecule has 2 aromatic carbocycles. The van der Waals surface area contributed by atoms with E-state index in [4.69, 9.17) is 45.5 Å². The summed E-state index contributed by atoms with van der Waals surface area (Å²) >= 11 is 0. The number of carbonyl (C=O) groups excluding carboxylic acids is 2. The van der Waals surface area contributed by atoms with Crippen molar-refractivity contribution < 1.29 is 33.6 Å². The molecule has 0 aliphatic rings. The summed E-state index contributed by atoms with van der Waals surface area (Å²) in [6.07, 6.45) is 16.2. The van der Waals surface area contributed by atoms with Crippen LogP contribution in [-0.2, 0) is 54.2 Å². The van der Waals surface area contributed by atoms with Gasteiger partial charge in [-0.15, -0.1) is 0 Å². The number of aryl methyl sites for hydroxylation is 4. The number of fused-ring (bicyclic) bond motifs is 6. The number of H-pyrrole nitrogens is 2. The lowest BCUT2D eigenvalue weighted by Crippen LogP contribution is -2.26. The number of rotatable bonds is 29. The lowest BCUT2D eigenvalue weighted by molar-refractivity contribution is -0.157. The highest BCUT2D eigenvalue weighted by molar-refractivity contribution is 6.07. The first-order chi connectivity index (χ1) is 35.8. The summed E-state index contributed by atoms with van der Waals surface area (Å²) in [4.78, 5) is 50.6. The minimum atomic E-state index is -0.443. The molecule has 17 nitrogen and oxygen atoms in total. The highest BCUT2D eigenvalue weighted by Crippen LogP contribution is 2.29. The van der Waals surface area contributed by atoms with Gasteiger partial charge >= 0.3 is 11.9 Å². The molecule has 0 atom stereocenters. The lowest BCUT2D eigenvalue weighted by atomic mass is 10.0. The van der Waals surface area contributed by atoms with Crippen LogP contribution < -0.4 is 16.8 Å². The molecular weight excluding hydrogens is 949 g/mol. The number of carbonyl (C=O) groups is 2. The first-order valence-electron chi connectivity index (χ1n) is 27.5. The van der Waals surface area contributed by atoms with Crippen molar-refractivity contribution in [3.63, 3.8) is 0 Å². The molecule has 0 fully saturated rings. The molecule has 0 radical (unpaired) electrons. The summed E-state index contributed by atoms with van der Waals surface area (Å²) in [5, 5.41) is 13.7. The number of nitrogens with zero attached hydrogens (tertiary/aromatic N) is 5. The van der Waals surface area contributed by atoms with E-state index in [2.05, 4.69) is 87.4 Å². The summed E-state index contributed by atoms with van der Waals surface area (Å²) in [5.74, 6) is 2.57. The SMILES string of the molecule is CC(C)(C)OC(=O)CCOCCO.CCCCc1nc2c([nH]1)c(N)nc1cc(CCCCCN(C)CCOCCC(=O)OC(C)(C)C)ccc12.CCCCc1nc2c([nH]1)c(N)nc1cc(CCCCCNC)ccc12. The van der Waals surface area contributed by atoms with Gasteiger partial charge in [0.2, 0.25) is 0 Å². The molecule has 0 aliphatic carbocycles. The zero-order valence-corrected chi connectivity index (χ0v) is 47.2. The quantitative estimate of drug-likeness (QED) is 0.0189. The molecule has 4 heterocycles. The smallest absolute Gasteiger partial charge is 0.308 e. The Hall–Kier alpha value is -5.46. The Morgan fingerprint density at radius 3 is 1.52 bits per heavy atom. The number of unbranched alkanes of at least 4 members (excludes halogenated alkanes) is 6. The third-order valence-electron chi connectivity index (χ3n) is 12.2. The number of nitrogen functional groups attached to an aromatic ring is 2. The van der Waals surface area contributed by atoms with E-state index in [0.29, 0.717) is 37.9 Å². The average Bonchev–Trinajstić information content (AvgIpc) is 3.99. The van der Waals surface area contributed by atoms with E-state index in [0.717, 1.165) is 146 Å². The first-order valence-corrected chi connectivity index (χ1v) is 27.5. The number of aromatic nitrogens is 6. The van der Waals surface area contributed by atoms with Gasteiger partial charge in [0.15, 0.2) is 0 Å². The molecule has 0 saturated carbocycles. The number of anilines is 2. The number of nitrogens with one attached hydrogen (secondary N) is 3. The van der Waals surface area contributed by atoms with E-state index in [1.54, 1.807) is 0 Å². The van der Waals surface area contributed by atoms with Gasteiger partial charge in [0.05, 0.1) is 56.9 Å². The standard InChI is InChI=1S/C29H45N5O3.C20H29N5.C9H18O4/c1-6-7-12-24-32-26-22-14-13-21(20-23(22)31-28(30)27(26)33-24)11-9-8-10-16-34(5)17-19-36-18-15-25(35)37-29(2,3)4;1-3-4-9-17-24-18-15-11-10-14(8-6-5-7-12-22-2)13-16(15)23-20(21)19(18)25-17;1-9(2,3)13-8(11)4-6-12-7-5-10/h13-14,20H,6-12,15-19H2,1-5H3,(H2,30,31)(H,32,33);10-11,13,22H,3-9,12H2,1-2H3,(H2,21,23)(H,24,25);10H,4-7H2,1-3H3. The van der Waals surface area contributed by atoms with Crippen molar-refractivity contribution >= 4 is 67.4 Å². The Morgan fingerprint density at radius 2 is 1.08 bits per heavy atom. The number of likely N-dealkylation sites (N-methyl/N-ethyl adjacent to an activating group) is 1. The van der Waals surface area contributed by atoms with Gasteiger partial charge < -0.3 is 55.7 Å². The second-order valence-electron chi connectivity index (χ2n) is 21.4. The number of benzene rings is 2. The fourth-order valence-corrected chi connectivity index (χ4v) is 8.34. The van der Waals surface area contributed by atoms with Gasteiger partial charge in [-0.25, -0.2) is 19.9 Å². The van der Waals surface area contributed by atoms with Crippen LogP contribution in [0.5, 0.6) is 0 Å². The van der Waals surface area contributed by atoms with Crippen molar-refractivity contribution in [1.29, 1.82) is 0 Å². The number of aliphatic hydroxyl groups excluding tert-OH is 1. The van der Waals surface area contributed by atoms with Crippen molar-refractivity contribution in [2.75, 3.05) is 78.2 Å². The number of pyridine rings is 2. The van der Waals surface area contributed by atoms with Gasteiger partial charge in [0.25, 0.3) is 0 Å². The summed E-state index contributed by atoms with van der Waals surface area (Å²) in [6, 6.07) is 13.0. The topological polar surface area (TPSA) is 242 Å². The Labute approximate surface area is 446 Å². The molecule has 4 aromatic heterocycles. The molecule has 8 N–H and O–H groups in total. The predicted octanol–water partition coefficient (Wildman–Crippen LogP) is 10.1. The maximum atomic E-state index is 11.7. The van der Waals surface area contributed by atoms with E-state index >= 15 is 0 Å². The molecule has 17 heteroatoms. The number of aliphatic hydroxyl groups is 1. The third-order valence-corrected chi connectivity index (χ3v) is 12.2. The fourth-order valence-electron chi connectivity index (χ4n) is 8.34. The van der Waals surface area contributed by atoms with E-state index in [9.17, 15) is 9.59 Å². The Morgan fingerprint density at radius 1 is 0.613 bits per heavy atom. The fraction of sp³-hybridized carbons (Fsp3) is 0.621. The summed E-state index contributed by atoms with van der Waals surface area (Å²) in [6.45, 7) is 20.0. The van der Waals surface area contributed by atoms with Crippen LogP contribution in [-0.4, -0.2) is 130 Å². The van der Waals surface area contributed by atoms with Gasteiger partial charge in [0.1, 0.15) is 56.6 Å². The molecule has 0 amide bonds. The van der Waals surface area contributed by atoms with Crippen LogP contribution in [0.1, 0.15) is 155 Å². The number of ether oxygens (including phenoxy) is 4. The second-order valence-corrected chi connectivity index (χ2v) is 21.4. The molecule has 416 valence electrons. The number of nitrogens with two attached hydrogens (primary N) is 2. The molecule has 0 spiro atoms. The highest BCUT2D eigenvalue weighted by Gasteiger charge is 2.18. The Kier molecular flexibility index (Phi) is 26.7. The van der Waals surface area contributed by atoms with Crippen molar-refractivity contribution in [2.24, 2.45) is 0 Å². The maximum Gasteiger partial charge on any atom is 0.308 e. The maximum absolute atomic E-state index is 11.7. The normalized spacial score (nSPS) is 11.8. The summed E-state index contributed by atoms with van der Waals surface area (Å²) < 4.78 is 20.8. The number of esters is 2. The van der Waals surface area contributed by atoms with E-state index in [-0.39, 0.29) is 31.6 Å². The molecule has 0 aliphatic heterocycles. The van der Waals surface area contributed by atoms with Gasteiger partial charge in [-0.2, -0.15) is 0 Å². The largest absolute Gasteiger partial charge is 0.460 e. The number of aromatic amines is 2. The Balaban J connectivity index is 0.000000275. The Bertz CT molecular complexity index is 2630. The van der Waals surface area contributed by atoms with Crippen LogP contribution in [0, 0.1) is 0 Å². The first kappa shape index (κ1) is 62.1. The number of hydrogen-bond acceptors (Lipinski definition) is 15. The van der Waals surface area contributed by atoms with Crippen LogP contribution >= 0.6 is 0 Å². The van der Waals surface area contributed by atoms with Crippen LogP contribution in [0.4, 0.5) is 11.6 Å². The predicted molar refractivity (Wildman–Crippen MR) is 305 cm³/mol. The monoisotopic (exact) mass is 1040 g/mol. The highest BCUT2D eigenvalue weighted by atomic mass is 16.6. The van der Waals surface area contributed by atoms with Crippen LogP contribution in [0.2, 0.25) is 0 Å². The second kappa shape index (κ2) is 32.2. The van der Waals surface area contributed by atoms with Crippen molar-refractivity contribution in [2.45, 2.75) is 169 Å². The van der Waals surface area contributed by atoms with Gasteiger partial charge in [0, 0.05) is 30.2 Å². The van der Waals surface area contributed by atoms with E-state index in [1.807, 2.05) is 48.6 Å². The minimum absolute atomic E-state index is 0.0195. The van der Waals surface area contributed by atoms with E-state index in [1.165, 1.54) is 30.4 Å². The molecule has 0 bridgehead atoms. The minimum Gasteiger partial charge on any atom is -0.460 e. The number of hydrogen-bond donors (Lipinski definition) is 6. The van der Waals surface area contributed by atoms with E-state index < -0.39 is 11.2 Å². The molecule has 75 heavy (non-hydrogen) atoms. The number of imidazole rings is 2. The molecule has 0 saturated heterocycles. The van der Waals surface area contributed by atoms with Gasteiger partial charge in [-0.3, -0.25) is 9.59 Å². The molecular formula is C58H92N10O7. The third kappa shape index (κ3) is 22.7. The summed E-state index contributed by atoms with van der Waals surface area (Å²) in [7, 11) is 4.11. The van der Waals surface area contributed by atoms with Crippen molar-refractivity contribution in [3.05, 3.63) is 59.2 Å². The molecule has 0 unspecified atom stereocenters. The van der Waals surface area contributed by atoms with Crippen LogP contribution in [0.25, 0.3) is 43.9 Å². The molecule has 6 rings (SSSR count). The van der Waals surface area contributed by atoms with Gasteiger partial charge in [-0.05, 0) is 143 Å². The van der Waals surface area contributed by atoms with Crippen molar-refractivity contribution in [1.82, 2.24) is 40.1 Å². The average molecular weight is 1040 g/mol. The van der Waals surface area contributed by atoms with Crippen LogP contribution in [0.3, 0.4) is 0 Å². The zero-order chi connectivity index (χ0) is 54.8. The van der Waals surface area contributed by atoms with Crippen molar-refractivity contribution in [3.8, 4) is 0 Å². The zero-order valence-electron chi connectivity index (χ0n) is 47.2. The summed E-state index contributed by atoms with van der Waals surface area (Å²) in [5.41, 5.74) is 19.6.